The Kier molecular flexibility index (Phi) is 5.40. The fraction of sp³-hybridized carbons (Fsp3) is 0.545. The van der Waals surface area contributed by atoms with Gasteiger partial charge in [-0.3, -0.25) is 0 Å². The zero-order valence-corrected chi connectivity index (χ0v) is 11.6. The Labute approximate surface area is 112 Å². The average molecular weight is 326 g/mol. The van der Waals surface area contributed by atoms with Crippen LogP contribution in [0.15, 0.2) is 16.7 Å². The van der Waals surface area contributed by atoms with Crippen LogP contribution in [-0.4, -0.2) is 24.6 Å². The van der Waals surface area contributed by atoms with Gasteiger partial charge in [0.25, 0.3) is 0 Å². The zero-order chi connectivity index (χ0) is 13.8. The number of nitrogens with two attached hydrogens (primary N) is 1. The van der Waals surface area contributed by atoms with Gasteiger partial charge in [-0.05, 0) is 28.4 Å². The summed E-state index contributed by atoms with van der Waals surface area (Å²) in [7, 11) is 0. The van der Waals surface area contributed by atoms with Gasteiger partial charge in [0.05, 0.1) is 5.56 Å². The van der Waals surface area contributed by atoms with E-state index in [9.17, 15) is 13.2 Å². The minimum absolute atomic E-state index is 0.0574. The molecule has 0 fully saturated rings. The molecule has 2 N–H and O–H groups in total. The van der Waals surface area contributed by atoms with Crippen LogP contribution in [0.1, 0.15) is 18.9 Å². The van der Waals surface area contributed by atoms with Crippen LogP contribution >= 0.6 is 15.9 Å². The highest BCUT2D eigenvalue weighted by Gasteiger charge is 2.36. The lowest BCUT2D eigenvalue weighted by Gasteiger charge is -2.25. The number of anilines is 1. The van der Waals surface area contributed by atoms with Crippen molar-refractivity contribution in [1.82, 2.24) is 4.98 Å². The number of hydrogen-bond donors (Lipinski definition) is 1. The Hall–Kier alpha value is -0.820. The molecule has 0 amide bonds. The maximum atomic E-state index is 13.0. The van der Waals surface area contributed by atoms with E-state index in [1.54, 1.807) is 4.90 Å². The maximum Gasteiger partial charge on any atom is 0.419 e. The monoisotopic (exact) mass is 325 g/mol. The van der Waals surface area contributed by atoms with Crippen molar-refractivity contribution in [2.45, 2.75) is 19.5 Å². The molecule has 1 aromatic heterocycles. The van der Waals surface area contributed by atoms with Crippen molar-refractivity contribution < 1.29 is 13.2 Å². The molecule has 0 spiro atoms. The van der Waals surface area contributed by atoms with E-state index in [1.165, 1.54) is 6.20 Å². The highest BCUT2D eigenvalue weighted by Crippen LogP contribution is 2.36. The number of halogens is 4. The smallest absolute Gasteiger partial charge is 0.355 e. The highest BCUT2D eigenvalue weighted by atomic mass is 79.9. The molecule has 0 aliphatic rings. The first-order valence-corrected chi connectivity index (χ1v) is 6.37. The highest BCUT2D eigenvalue weighted by molar-refractivity contribution is 9.10. The normalized spacial score (nSPS) is 11.7. The van der Waals surface area contributed by atoms with Crippen molar-refractivity contribution >= 4 is 21.7 Å². The van der Waals surface area contributed by atoms with Crippen LogP contribution in [0.2, 0.25) is 0 Å². The molecular formula is C11H15BrF3N3. The third kappa shape index (κ3) is 3.84. The van der Waals surface area contributed by atoms with E-state index in [4.69, 9.17) is 5.73 Å². The average Bonchev–Trinajstić information content (AvgIpc) is 2.27. The van der Waals surface area contributed by atoms with Crippen LogP contribution in [0.5, 0.6) is 0 Å². The second-order valence-corrected chi connectivity index (χ2v) is 4.71. The second kappa shape index (κ2) is 6.38. The van der Waals surface area contributed by atoms with Crippen LogP contribution in [0.4, 0.5) is 19.0 Å². The molecule has 0 atom stereocenters. The van der Waals surface area contributed by atoms with Crippen molar-refractivity contribution in [3.8, 4) is 0 Å². The van der Waals surface area contributed by atoms with Gasteiger partial charge in [-0.25, -0.2) is 4.98 Å². The van der Waals surface area contributed by atoms with E-state index in [2.05, 4.69) is 20.9 Å². The SMILES string of the molecule is CCCN(CCN)c1ncc(Br)cc1C(F)(F)F. The first kappa shape index (κ1) is 15.2. The fourth-order valence-electron chi connectivity index (χ4n) is 1.64. The Morgan fingerprint density at radius 1 is 1.39 bits per heavy atom. The molecule has 0 saturated carbocycles. The van der Waals surface area contributed by atoms with E-state index in [0.29, 0.717) is 17.6 Å². The van der Waals surface area contributed by atoms with E-state index in [1.807, 2.05) is 6.92 Å². The van der Waals surface area contributed by atoms with Gasteiger partial charge in [-0.1, -0.05) is 6.92 Å². The molecule has 1 heterocycles. The Morgan fingerprint density at radius 3 is 2.56 bits per heavy atom. The number of alkyl halides is 3. The van der Waals surface area contributed by atoms with Crippen LogP contribution in [0, 0.1) is 0 Å². The Bertz CT molecular complexity index is 390. The third-order valence-corrected chi connectivity index (χ3v) is 2.76. The fourth-order valence-corrected chi connectivity index (χ4v) is 1.97. The lowest BCUT2D eigenvalue weighted by molar-refractivity contribution is -0.137. The number of hydrogen-bond acceptors (Lipinski definition) is 3. The van der Waals surface area contributed by atoms with Crippen LogP contribution in [0.3, 0.4) is 0 Å². The summed E-state index contributed by atoms with van der Waals surface area (Å²) in [5.74, 6) is -0.0574. The molecule has 1 rings (SSSR count). The third-order valence-electron chi connectivity index (χ3n) is 2.33. The maximum absolute atomic E-state index is 13.0. The molecule has 0 saturated heterocycles. The zero-order valence-electron chi connectivity index (χ0n) is 9.97. The molecule has 3 nitrogen and oxygen atoms in total. The summed E-state index contributed by atoms with van der Waals surface area (Å²) in [5, 5.41) is 0. The van der Waals surface area contributed by atoms with Crippen LogP contribution in [-0.2, 0) is 6.18 Å². The number of nitrogens with zero attached hydrogens (tertiary/aromatic N) is 2. The van der Waals surface area contributed by atoms with Gasteiger partial charge in [0, 0.05) is 30.3 Å². The van der Waals surface area contributed by atoms with E-state index in [-0.39, 0.29) is 12.4 Å². The second-order valence-electron chi connectivity index (χ2n) is 3.80. The molecule has 0 unspecified atom stereocenters. The quantitative estimate of drug-likeness (QED) is 0.904. The minimum Gasteiger partial charge on any atom is -0.355 e. The summed E-state index contributed by atoms with van der Waals surface area (Å²) in [4.78, 5) is 5.45. The summed E-state index contributed by atoms with van der Waals surface area (Å²) in [6.07, 6.45) is -2.33. The van der Waals surface area contributed by atoms with E-state index < -0.39 is 11.7 Å². The van der Waals surface area contributed by atoms with Gasteiger partial charge >= 0.3 is 6.18 Å². The van der Waals surface area contributed by atoms with Crippen LogP contribution in [0.25, 0.3) is 0 Å². The summed E-state index contributed by atoms with van der Waals surface area (Å²) in [6.45, 7) is 3.03. The van der Waals surface area contributed by atoms with Gasteiger partial charge in [0.2, 0.25) is 0 Å². The van der Waals surface area contributed by atoms with Gasteiger partial charge in [-0.2, -0.15) is 13.2 Å². The summed E-state index contributed by atoms with van der Waals surface area (Å²) < 4.78 is 39.2. The molecule has 0 aromatic carbocycles. The first-order valence-electron chi connectivity index (χ1n) is 5.58. The summed E-state index contributed by atoms with van der Waals surface area (Å²) in [6, 6.07) is 1.04. The summed E-state index contributed by atoms with van der Waals surface area (Å²) >= 11 is 3.01. The van der Waals surface area contributed by atoms with Gasteiger partial charge in [0.15, 0.2) is 0 Å². The predicted octanol–water partition coefficient (Wildman–Crippen LogP) is 3.04. The number of rotatable bonds is 5. The first-order chi connectivity index (χ1) is 8.40. The van der Waals surface area contributed by atoms with Gasteiger partial charge < -0.3 is 10.6 Å². The molecule has 7 heteroatoms. The molecule has 1 aromatic rings. The van der Waals surface area contributed by atoms with Crippen LogP contribution < -0.4 is 10.6 Å². The van der Waals surface area contributed by atoms with Gasteiger partial charge in [0.1, 0.15) is 5.82 Å². The number of aromatic nitrogens is 1. The van der Waals surface area contributed by atoms with E-state index in [0.717, 1.165) is 12.5 Å². The lowest BCUT2D eigenvalue weighted by Crippen LogP contribution is -2.32. The largest absolute Gasteiger partial charge is 0.419 e. The minimum atomic E-state index is -4.42. The summed E-state index contributed by atoms with van der Waals surface area (Å²) in [5.41, 5.74) is 4.69. The van der Waals surface area contributed by atoms with Crippen molar-refractivity contribution in [3.05, 3.63) is 22.3 Å². The molecule has 102 valence electrons. The standard InChI is InChI=1S/C11H15BrF3N3/c1-2-4-18(5-3-16)10-9(11(13,14)15)6-8(12)7-17-10/h6-7H,2-5,16H2,1H3. The Morgan fingerprint density at radius 2 is 2.06 bits per heavy atom. The van der Waals surface area contributed by atoms with Crippen molar-refractivity contribution in [1.29, 1.82) is 0 Å². The molecule has 0 aliphatic heterocycles. The molecule has 18 heavy (non-hydrogen) atoms. The molecular weight excluding hydrogens is 311 g/mol. The Balaban J connectivity index is 3.20. The lowest BCUT2D eigenvalue weighted by atomic mass is 10.2. The van der Waals surface area contributed by atoms with Crippen molar-refractivity contribution in [3.63, 3.8) is 0 Å². The van der Waals surface area contributed by atoms with Crippen molar-refractivity contribution in [2.24, 2.45) is 5.73 Å². The molecule has 0 radical (unpaired) electrons. The van der Waals surface area contributed by atoms with Gasteiger partial charge in [-0.15, -0.1) is 0 Å². The topological polar surface area (TPSA) is 42.1 Å². The van der Waals surface area contributed by atoms with Crippen molar-refractivity contribution in [2.75, 3.05) is 24.5 Å². The van der Waals surface area contributed by atoms with E-state index >= 15 is 0 Å². The number of pyridine rings is 1. The molecule has 0 bridgehead atoms. The molecule has 0 aliphatic carbocycles. The predicted molar refractivity (Wildman–Crippen MR) is 68.5 cm³/mol.